The van der Waals surface area contributed by atoms with Gasteiger partial charge in [-0.2, -0.15) is 0 Å². The van der Waals surface area contributed by atoms with Crippen LogP contribution in [0.2, 0.25) is 0 Å². The number of aromatic amines is 1. The lowest BCUT2D eigenvalue weighted by Gasteiger charge is -2.18. The van der Waals surface area contributed by atoms with Crippen LogP contribution in [0.4, 0.5) is 0 Å². The zero-order valence-electron chi connectivity index (χ0n) is 11.9. The Labute approximate surface area is 121 Å². The van der Waals surface area contributed by atoms with Crippen LogP contribution in [-0.4, -0.2) is 39.2 Å². The zero-order valence-corrected chi connectivity index (χ0v) is 11.9. The van der Waals surface area contributed by atoms with Gasteiger partial charge in [0.25, 0.3) is 0 Å². The molecule has 0 radical (unpaired) electrons. The van der Waals surface area contributed by atoms with Crippen molar-refractivity contribution < 1.29 is 19.8 Å². The van der Waals surface area contributed by atoms with Gasteiger partial charge in [0.15, 0.2) is 5.60 Å². The highest BCUT2D eigenvalue weighted by Crippen LogP contribution is 2.21. The van der Waals surface area contributed by atoms with Crippen LogP contribution in [0.3, 0.4) is 0 Å². The van der Waals surface area contributed by atoms with Crippen LogP contribution in [0.15, 0.2) is 24.4 Å². The molecule has 0 saturated carbocycles. The van der Waals surface area contributed by atoms with Crippen molar-refractivity contribution in [2.24, 2.45) is 0 Å². The van der Waals surface area contributed by atoms with E-state index < -0.39 is 11.6 Å². The second kappa shape index (κ2) is 5.57. The van der Waals surface area contributed by atoms with Crippen LogP contribution < -0.4 is 5.32 Å². The lowest BCUT2D eigenvalue weighted by molar-refractivity contribution is -0.156. The molecule has 0 aliphatic heterocycles. The number of para-hydroxylation sites is 1. The maximum absolute atomic E-state index is 11.9. The number of hydrogen-bond donors (Lipinski definition) is 4. The summed E-state index contributed by atoms with van der Waals surface area (Å²) >= 11 is 0. The van der Waals surface area contributed by atoms with Crippen LogP contribution in [0.1, 0.15) is 18.1 Å². The Morgan fingerprint density at radius 1 is 1.38 bits per heavy atom. The molecule has 6 nitrogen and oxygen atoms in total. The Hall–Kier alpha value is -2.34. The van der Waals surface area contributed by atoms with Crippen molar-refractivity contribution in [3.8, 4) is 0 Å². The molecule has 1 amide bonds. The number of aliphatic hydroxyl groups is 1. The molecule has 0 aliphatic rings. The van der Waals surface area contributed by atoms with Gasteiger partial charge in [-0.15, -0.1) is 0 Å². The lowest BCUT2D eigenvalue weighted by Crippen LogP contribution is -2.46. The zero-order chi connectivity index (χ0) is 15.6. The summed E-state index contributed by atoms with van der Waals surface area (Å²) in [5, 5.41) is 21.7. The SMILES string of the molecule is Cc1cccc2c(CC(=O)NCC(C)(O)C(=O)O)c[nH]c12. The molecule has 0 bridgehead atoms. The van der Waals surface area contributed by atoms with Gasteiger partial charge >= 0.3 is 5.97 Å². The van der Waals surface area contributed by atoms with E-state index in [4.69, 9.17) is 5.11 Å². The van der Waals surface area contributed by atoms with Gasteiger partial charge in [0.05, 0.1) is 13.0 Å². The van der Waals surface area contributed by atoms with Crippen molar-refractivity contribution in [3.63, 3.8) is 0 Å². The molecule has 21 heavy (non-hydrogen) atoms. The van der Waals surface area contributed by atoms with Crippen molar-refractivity contribution >= 4 is 22.8 Å². The molecule has 0 spiro atoms. The van der Waals surface area contributed by atoms with E-state index in [2.05, 4.69) is 10.3 Å². The largest absolute Gasteiger partial charge is 0.479 e. The normalized spacial score (nSPS) is 13.9. The van der Waals surface area contributed by atoms with E-state index in [1.165, 1.54) is 0 Å². The third-order valence-corrected chi connectivity index (χ3v) is 3.45. The molecule has 1 atom stereocenters. The van der Waals surface area contributed by atoms with Gasteiger partial charge < -0.3 is 20.5 Å². The summed E-state index contributed by atoms with van der Waals surface area (Å²) in [5.74, 6) is -1.70. The predicted octanol–water partition coefficient (Wildman–Crippen LogP) is 0.971. The summed E-state index contributed by atoms with van der Waals surface area (Å²) < 4.78 is 0. The van der Waals surface area contributed by atoms with E-state index in [0.29, 0.717) is 0 Å². The van der Waals surface area contributed by atoms with Gasteiger partial charge in [0, 0.05) is 17.1 Å². The Bertz CT molecular complexity index is 688. The fourth-order valence-corrected chi connectivity index (χ4v) is 2.09. The van der Waals surface area contributed by atoms with Crippen molar-refractivity contribution in [3.05, 3.63) is 35.5 Å². The molecule has 2 rings (SSSR count). The van der Waals surface area contributed by atoms with Gasteiger partial charge in [0.1, 0.15) is 0 Å². The van der Waals surface area contributed by atoms with Crippen molar-refractivity contribution in [1.29, 1.82) is 0 Å². The predicted molar refractivity (Wildman–Crippen MR) is 78.0 cm³/mol. The molecule has 1 aromatic carbocycles. The molecular weight excluding hydrogens is 272 g/mol. The lowest BCUT2D eigenvalue weighted by atomic mass is 10.1. The first kappa shape index (κ1) is 15.1. The number of aromatic nitrogens is 1. The summed E-state index contributed by atoms with van der Waals surface area (Å²) in [6, 6.07) is 5.82. The van der Waals surface area contributed by atoms with Crippen LogP contribution in [-0.2, 0) is 16.0 Å². The first-order valence-electron chi connectivity index (χ1n) is 6.59. The Morgan fingerprint density at radius 3 is 2.76 bits per heavy atom. The quantitative estimate of drug-likeness (QED) is 0.659. The van der Waals surface area contributed by atoms with E-state index in [9.17, 15) is 14.7 Å². The van der Waals surface area contributed by atoms with Crippen LogP contribution in [0.25, 0.3) is 10.9 Å². The van der Waals surface area contributed by atoms with E-state index in [0.717, 1.165) is 29.0 Å². The summed E-state index contributed by atoms with van der Waals surface area (Å²) in [6.45, 7) is 2.79. The molecule has 1 unspecified atom stereocenters. The number of aryl methyl sites for hydroxylation is 1. The second-order valence-corrected chi connectivity index (χ2v) is 5.34. The monoisotopic (exact) mass is 290 g/mol. The standard InChI is InChI=1S/C15H18N2O4/c1-9-4-3-5-11-10(7-16-13(9)11)6-12(18)17-8-15(2,21)14(19)20/h3-5,7,16,21H,6,8H2,1-2H3,(H,17,18)(H,19,20). The number of hydrogen-bond acceptors (Lipinski definition) is 3. The van der Waals surface area contributed by atoms with Gasteiger partial charge in [-0.25, -0.2) is 4.79 Å². The first-order chi connectivity index (χ1) is 9.81. The highest BCUT2D eigenvalue weighted by atomic mass is 16.4. The third-order valence-electron chi connectivity index (χ3n) is 3.45. The number of H-pyrrole nitrogens is 1. The summed E-state index contributed by atoms with van der Waals surface area (Å²) in [6.07, 6.45) is 1.89. The minimum atomic E-state index is -1.97. The van der Waals surface area contributed by atoms with E-state index in [1.807, 2.05) is 25.1 Å². The molecule has 0 aliphatic carbocycles. The summed E-state index contributed by atoms with van der Waals surface area (Å²) in [7, 11) is 0. The number of carboxylic acid groups (broad SMARTS) is 1. The fourth-order valence-electron chi connectivity index (χ4n) is 2.09. The third kappa shape index (κ3) is 3.22. The molecule has 6 heteroatoms. The van der Waals surface area contributed by atoms with Crippen LogP contribution >= 0.6 is 0 Å². The molecule has 1 heterocycles. The Kier molecular flexibility index (Phi) is 3.99. The van der Waals surface area contributed by atoms with Crippen molar-refractivity contribution in [2.45, 2.75) is 25.9 Å². The van der Waals surface area contributed by atoms with Gasteiger partial charge in [-0.05, 0) is 25.0 Å². The number of fused-ring (bicyclic) bond motifs is 1. The van der Waals surface area contributed by atoms with Crippen molar-refractivity contribution in [2.75, 3.05) is 6.54 Å². The van der Waals surface area contributed by atoms with E-state index in [-0.39, 0.29) is 18.9 Å². The minimum Gasteiger partial charge on any atom is -0.479 e. The van der Waals surface area contributed by atoms with Crippen molar-refractivity contribution in [1.82, 2.24) is 10.3 Å². The number of carbonyl (C=O) groups excluding carboxylic acids is 1. The van der Waals surface area contributed by atoms with Crippen LogP contribution in [0.5, 0.6) is 0 Å². The minimum absolute atomic E-state index is 0.124. The second-order valence-electron chi connectivity index (χ2n) is 5.34. The molecular formula is C15H18N2O4. The average molecular weight is 290 g/mol. The summed E-state index contributed by atoms with van der Waals surface area (Å²) in [5.41, 5.74) is 0.943. The molecule has 4 N–H and O–H groups in total. The highest BCUT2D eigenvalue weighted by Gasteiger charge is 2.30. The van der Waals surface area contributed by atoms with E-state index >= 15 is 0 Å². The van der Waals surface area contributed by atoms with Gasteiger partial charge in [-0.1, -0.05) is 18.2 Å². The molecule has 1 aromatic heterocycles. The number of rotatable bonds is 5. The molecule has 0 fully saturated rings. The van der Waals surface area contributed by atoms with Crippen LogP contribution in [0, 0.1) is 6.92 Å². The van der Waals surface area contributed by atoms with E-state index in [1.54, 1.807) is 6.20 Å². The Balaban J connectivity index is 2.06. The molecule has 112 valence electrons. The smallest absolute Gasteiger partial charge is 0.337 e. The van der Waals surface area contributed by atoms with Gasteiger partial charge in [0.2, 0.25) is 5.91 Å². The average Bonchev–Trinajstić information content (AvgIpc) is 2.81. The number of amides is 1. The fraction of sp³-hybridized carbons (Fsp3) is 0.333. The summed E-state index contributed by atoms with van der Waals surface area (Å²) in [4.78, 5) is 25.8. The topological polar surface area (TPSA) is 102 Å². The first-order valence-corrected chi connectivity index (χ1v) is 6.59. The highest BCUT2D eigenvalue weighted by molar-refractivity contribution is 5.90. The number of aliphatic carboxylic acids is 1. The van der Waals surface area contributed by atoms with Gasteiger partial charge in [-0.3, -0.25) is 4.79 Å². The number of carbonyl (C=O) groups is 2. The number of nitrogens with one attached hydrogen (secondary N) is 2. The maximum atomic E-state index is 11.9. The molecule has 0 saturated heterocycles. The molecule has 2 aromatic rings. The maximum Gasteiger partial charge on any atom is 0.337 e. The Morgan fingerprint density at radius 2 is 2.10 bits per heavy atom. The number of benzene rings is 1. The number of carboxylic acids is 1.